The molecule has 0 amide bonds. The van der Waals surface area contributed by atoms with Crippen molar-refractivity contribution in [2.24, 2.45) is 0 Å². The number of para-hydroxylation sites is 2. The zero-order chi connectivity index (χ0) is 7.84. The van der Waals surface area contributed by atoms with Crippen molar-refractivity contribution in [1.82, 2.24) is 9.66 Å². The summed E-state index contributed by atoms with van der Waals surface area (Å²) in [7, 11) is 0. The van der Waals surface area contributed by atoms with E-state index in [2.05, 4.69) is 4.98 Å². The van der Waals surface area contributed by atoms with Crippen LogP contribution in [0.2, 0.25) is 0 Å². The Kier molecular flexibility index (Phi) is 1.12. The molecule has 1 heterocycles. The minimum absolute atomic E-state index is 0.839. The van der Waals surface area contributed by atoms with Crippen molar-refractivity contribution < 1.29 is 0 Å². The quantitative estimate of drug-likeness (QED) is 0.566. The first kappa shape index (κ1) is 6.22. The largest absolute Gasteiger partial charge is 0.337 e. The summed E-state index contributed by atoms with van der Waals surface area (Å²) >= 11 is 0. The molecule has 0 aliphatic heterocycles. The minimum atomic E-state index is 0.839. The number of nitrogens with zero attached hydrogens (tertiary/aromatic N) is 2. The lowest BCUT2D eigenvalue weighted by Gasteiger charge is -1.94. The number of rotatable bonds is 0. The molecule has 0 saturated carbocycles. The summed E-state index contributed by atoms with van der Waals surface area (Å²) < 4.78 is 1.59. The van der Waals surface area contributed by atoms with Gasteiger partial charge in [0.25, 0.3) is 0 Å². The molecule has 3 nitrogen and oxygen atoms in total. The Morgan fingerprint density at radius 3 is 2.82 bits per heavy atom. The molecule has 0 fully saturated rings. The third-order valence-corrected chi connectivity index (χ3v) is 1.77. The highest BCUT2D eigenvalue weighted by molar-refractivity contribution is 5.75. The van der Waals surface area contributed by atoms with Gasteiger partial charge in [-0.1, -0.05) is 12.1 Å². The summed E-state index contributed by atoms with van der Waals surface area (Å²) in [5, 5.41) is 0. The van der Waals surface area contributed by atoms with Crippen LogP contribution < -0.4 is 5.84 Å². The van der Waals surface area contributed by atoms with Gasteiger partial charge in [0.1, 0.15) is 5.82 Å². The fraction of sp³-hybridized carbons (Fsp3) is 0.125. The van der Waals surface area contributed by atoms with E-state index in [1.54, 1.807) is 4.68 Å². The summed E-state index contributed by atoms with van der Waals surface area (Å²) in [6.07, 6.45) is 0. The zero-order valence-corrected chi connectivity index (χ0v) is 6.28. The lowest BCUT2D eigenvalue weighted by Crippen LogP contribution is -2.09. The highest BCUT2D eigenvalue weighted by atomic mass is 15.3. The Balaban J connectivity index is 2.92. The molecule has 0 bridgehead atoms. The molecule has 1 aromatic carbocycles. The molecule has 0 spiro atoms. The number of aryl methyl sites for hydroxylation is 1. The molecule has 0 radical (unpaired) electrons. The highest BCUT2D eigenvalue weighted by Gasteiger charge is 2.01. The summed E-state index contributed by atoms with van der Waals surface area (Å²) in [5.41, 5.74) is 1.93. The smallest absolute Gasteiger partial charge is 0.125 e. The molecule has 1 aromatic heterocycles. The predicted molar refractivity (Wildman–Crippen MR) is 44.6 cm³/mol. The average Bonchev–Trinajstić information content (AvgIpc) is 2.30. The van der Waals surface area contributed by atoms with E-state index in [-0.39, 0.29) is 0 Å². The highest BCUT2D eigenvalue weighted by Crippen LogP contribution is 2.11. The monoisotopic (exact) mass is 147 g/mol. The number of benzene rings is 1. The Bertz CT molecular complexity index is 389. The number of imidazole rings is 1. The van der Waals surface area contributed by atoms with E-state index in [0.717, 1.165) is 16.9 Å². The standard InChI is InChI=1S/C8H9N3/c1-6-10-7-4-2-3-5-8(7)11(6)9/h2-5H,9H2,1H3. The zero-order valence-electron chi connectivity index (χ0n) is 6.28. The molecule has 2 rings (SSSR count). The van der Waals surface area contributed by atoms with Gasteiger partial charge in [-0.3, -0.25) is 0 Å². The van der Waals surface area contributed by atoms with Gasteiger partial charge in [-0.25, -0.2) is 9.66 Å². The molecular weight excluding hydrogens is 138 g/mol. The molecule has 2 N–H and O–H groups in total. The van der Waals surface area contributed by atoms with Gasteiger partial charge in [-0.05, 0) is 19.1 Å². The lowest BCUT2D eigenvalue weighted by atomic mass is 10.3. The van der Waals surface area contributed by atoms with Crippen LogP contribution >= 0.6 is 0 Å². The van der Waals surface area contributed by atoms with Crippen molar-refractivity contribution in [3.8, 4) is 0 Å². The topological polar surface area (TPSA) is 43.8 Å². The molecule has 2 aromatic rings. The van der Waals surface area contributed by atoms with Crippen LogP contribution in [0.3, 0.4) is 0 Å². The Hall–Kier alpha value is -1.51. The first-order chi connectivity index (χ1) is 5.29. The second-order valence-electron chi connectivity index (χ2n) is 2.52. The fourth-order valence-electron chi connectivity index (χ4n) is 1.16. The van der Waals surface area contributed by atoms with Gasteiger partial charge in [-0.15, -0.1) is 0 Å². The molecule has 3 heteroatoms. The van der Waals surface area contributed by atoms with Gasteiger partial charge in [0, 0.05) is 0 Å². The van der Waals surface area contributed by atoms with Crippen LogP contribution in [-0.4, -0.2) is 9.66 Å². The summed E-state index contributed by atoms with van der Waals surface area (Å²) in [6, 6.07) is 7.81. The Morgan fingerprint density at radius 1 is 1.36 bits per heavy atom. The molecule has 0 aliphatic carbocycles. The van der Waals surface area contributed by atoms with E-state index in [1.165, 1.54) is 0 Å². The van der Waals surface area contributed by atoms with Gasteiger partial charge < -0.3 is 5.84 Å². The van der Waals surface area contributed by atoms with Crippen molar-refractivity contribution in [1.29, 1.82) is 0 Å². The maximum absolute atomic E-state index is 5.69. The molecule has 0 aliphatic rings. The van der Waals surface area contributed by atoms with Gasteiger partial charge in [-0.2, -0.15) is 0 Å². The second kappa shape index (κ2) is 1.99. The van der Waals surface area contributed by atoms with E-state index in [4.69, 9.17) is 5.84 Å². The number of nitrogens with two attached hydrogens (primary N) is 1. The normalized spacial score (nSPS) is 10.6. The van der Waals surface area contributed by atoms with Crippen LogP contribution in [0.1, 0.15) is 5.82 Å². The van der Waals surface area contributed by atoms with Crippen LogP contribution in [-0.2, 0) is 0 Å². The summed E-state index contributed by atoms with van der Waals surface area (Å²) in [4.78, 5) is 4.25. The molecule has 0 unspecified atom stereocenters. The van der Waals surface area contributed by atoms with Crippen LogP contribution in [0.5, 0.6) is 0 Å². The van der Waals surface area contributed by atoms with Crippen LogP contribution in [0.4, 0.5) is 0 Å². The van der Waals surface area contributed by atoms with Crippen LogP contribution in [0.25, 0.3) is 11.0 Å². The van der Waals surface area contributed by atoms with Crippen molar-refractivity contribution in [2.45, 2.75) is 6.92 Å². The van der Waals surface area contributed by atoms with E-state index in [0.29, 0.717) is 0 Å². The third-order valence-electron chi connectivity index (χ3n) is 1.77. The minimum Gasteiger partial charge on any atom is -0.337 e. The number of nitrogen functional groups attached to an aromatic ring is 1. The van der Waals surface area contributed by atoms with E-state index in [9.17, 15) is 0 Å². The number of fused-ring (bicyclic) bond motifs is 1. The van der Waals surface area contributed by atoms with Crippen molar-refractivity contribution in [3.05, 3.63) is 30.1 Å². The van der Waals surface area contributed by atoms with Crippen molar-refractivity contribution in [2.75, 3.05) is 5.84 Å². The summed E-state index contributed by atoms with van der Waals surface area (Å²) in [6.45, 7) is 1.89. The molecule has 0 saturated heterocycles. The van der Waals surface area contributed by atoms with E-state index < -0.39 is 0 Å². The number of hydrogen-bond acceptors (Lipinski definition) is 2. The molecule has 56 valence electrons. The molecule has 0 atom stereocenters. The lowest BCUT2D eigenvalue weighted by molar-refractivity contribution is 0.956. The van der Waals surface area contributed by atoms with Gasteiger partial charge in [0.15, 0.2) is 0 Å². The maximum Gasteiger partial charge on any atom is 0.125 e. The van der Waals surface area contributed by atoms with E-state index in [1.807, 2.05) is 31.2 Å². The predicted octanol–water partition coefficient (Wildman–Crippen LogP) is 1.06. The van der Waals surface area contributed by atoms with Crippen molar-refractivity contribution in [3.63, 3.8) is 0 Å². The Morgan fingerprint density at radius 2 is 2.09 bits per heavy atom. The molecule has 11 heavy (non-hydrogen) atoms. The Labute approximate surface area is 64.4 Å². The van der Waals surface area contributed by atoms with Gasteiger partial charge in [0.2, 0.25) is 0 Å². The molecular formula is C8H9N3. The van der Waals surface area contributed by atoms with E-state index >= 15 is 0 Å². The first-order valence-corrected chi connectivity index (χ1v) is 3.48. The number of hydrogen-bond donors (Lipinski definition) is 1. The second-order valence-corrected chi connectivity index (χ2v) is 2.52. The first-order valence-electron chi connectivity index (χ1n) is 3.48. The summed E-state index contributed by atoms with van der Waals surface area (Å²) in [5.74, 6) is 6.53. The SMILES string of the molecule is Cc1nc2ccccc2n1N. The van der Waals surface area contributed by atoms with Crippen LogP contribution in [0.15, 0.2) is 24.3 Å². The fourth-order valence-corrected chi connectivity index (χ4v) is 1.16. The third kappa shape index (κ3) is 0.774. The van der Waals surface area contributed by atoms with Crippen LogP contribution in [0, 0.1) is 6.92 Å². The van der Waals surface area contributed by atoms with Gasteiger partial charge >= 0.3 is 0 Å². The maximum atomic E-state index is 5.69. The number of aromatic nitrogens is 2. The van der Waals surface area contributed by atoms with Crippen molar-refractivity contribution >= 4 is 11.0 Å². The average molecular weight is 147 g/mol. The van der Waals surface area contributed by atoms with Gasteiger partial charge in [0.05, 0.1) is 11.0 Å².